The Balaban J connectivity index is 2.58. The fourth-order valence-electron chi connectivity index (χ4n) is 1.16. The summed E-state index contributed by atoms with van der Waals surface area (Å²) in [7, 11) is 0. The number of hydrogen-bond acceptors (Lipinski definition) is 4. The minimum absolute atomic E-state index is 0.111. The number of likely N-dealkylation sites (tertiary alicyclic amines) is 1. The van der Waals surface area contributed by atoms with Gasteiger partial charge in [0, 0.05) is 32.1 Å². The van der Waals surface area contributed by atoms with Crippen molar-refractivity contribution < 1.29 is 19.1 Å². The Labute approximate surface area is 115 Å². The van der Waals surface area contributed by atoms with Gasteiger partial charge >= 0.3 is 11.8 Å². The zero-order chi connectivity index (χ0) is 19.6. The Morgan fingerprint density at radius 3 is 3.00 bits per heavy atom. The van der Waals surface area contributed by atoms with Gasteiger partial charge in [-0.2, -0.15) is 0 Å². The number of aromatic amines is 1. The Bertz CT molecular complexity index is 771. The number of rotatable bonds is 1. The minimum Gasteiger partial charge on any atom is -0.444 e. The number of carbonyl (C=O) groups excluding carboxylic acids is 1. The van der Waals surface area contributed by atoms with Gasteiger partial charge in [-0.25, -0.2) is 14.6 Å². The summed E-state index contributed by atoms with van der Waals surface area (Å²) >= 11 is 0. The predicted octanol–water partition coefficient (Wildman–Crippen LogP) is 1.10. The second-order valence-electron chi connectivity index (χ2n) is 4.57. The third-order valence-corrected chi connectivity index (χ3v) is 1.84. The zero-order valence-corrected chi connectivity index (χ0v) is 10.1. The van der Waals surface area contributed by atoms with Crippen molar-refractivity contribution in [1.82, 2.24) is 14.9 Å². The van der Waals surface area contributed by atoms with Crippen LogP contribution in [0.2, 0.25) is 0 Å². The van der Waals surface area contributed by atoms with Gasteiger partial charge in [0.05, 0.1) is 8.22 Å². The minimum atomic E-state index is -2.95. The average molecular weight is 258 g/mol. The topological polar surface area (TPSA) is 75.3 Å². The SMILES string of the molecule is [2H]c1nc(=O)[nH]c(C2([2H])C([2H])([2H])N(C(=O)OC(C)(C)C)C2([2H])[2H])c1[2H]. The monoisotopic (exact) mass is 258 g/mol. The highest BCUT2D eigenvalue weighted by atomic mass is 16.6. The molecule has 0 aliphatic carbocycles. The molecule has 1 aliphatic rings. The van der Waals surface area contributed by atoms with Crippen LogP contribution in [0.5, 0.6) is 0 Å². The first kappa shape index (κ1) is 6.36. The van der Waals surface area contributed by atoms with Crippen molar-refractivity contribution in [2.75, 3.05) is 13.0 Å². The molecule has 0 radical (unpaired) electrons. The molecule has 0 saturated carbocycles. The van der Waals surface area contributed by atoms with Gasteiger partial charge in [-0.15, -0.1) is 0 Å². The molecule has 1 aromatic rings. The molecule has 2 heterocycles. The van der Waals surface area contributed by atoms with Crippen LogP contribution in [0.25, 0.3) is 0 Å². The van der Waals surface area contributed by atoms with E-state index in [1.807, 2.05) is 4.98 Å². The van der Waals surface area contributed by atoms with E-state index < -0.39 is 54.2 Å². The normalized spacial score (nSPS) is 29.3. The van der Waals surface area contributed by atoms with Crippen LogP contribution in [-0.2, 0) is 4.74 Å². The number of H-pyrrole nitrogens is 1. The van der Waals surface area contributed by atoms with Crippen molar-refractivity contribution in [2.24, 2.45) is 0 Å². The first-order valence-electron chi connectivity index (χ1n) is 8.68. The average Bonchev–Trinajstić information content (AvgIpc) is 2.38. The summed E-state index contributed by atoms with van der Waals surface area (Å²) in [6, 6.07) is -0.800. The van der Waals surface area contributed by atoms with Crippen LogP contribution in [-0.4, -0.2) is 39.6 Å². The van der Waals surface area contributed by atoms with Crippen molar-refractivity contribution in [3.63, 3.8) is 0 Å². The maximum absolute atomic E-state index is 12.2. The summed E-state index contributed by atoms with van der Waals surface area (Å²) in [5.41, 5.74) is -2.92. The smallest absolute Gasteiger partial charge is 0.410 e. The molecule has 18 heavy (non-hydrogen) atoms. The quantitative estimate of drug-likeness (QED) is 0.818. The van der Waals surface area contributed by atoms with Crippen LogP contribution in [0.1, 0.15) is 42.0 Å². The molecule has 1 aromatic heterocycles. The molecule has 6 heteroatoms. The molecule has 1 saturated heterocycles. The maximum Gasteiger partial charge on any atom is 0.410 e. The lowest BCUT2D eigenvalue weighted by molar-refractivity contribution is 0.00785. The van der Waals surface area contributed by atoms with Gasteiger partial charge in [0.25, 0.3) is 0 Å². The van der Waals surface area contributed by atoms with Crippen LogP contribution < -0.4 is 5.69 Å². The Hall–Kier alpha value is -1.85. The number of ether oxygens (including phenoxy) is 1. The third kappa shape index (κ3) is 2.88. The summed E-state index contributed by atoms with van der Waals surface area (Å²) < 4.78 is 60.6. The van der Waals surface area contributed by atoms with Gasteiger partial charge in [-0.05, 0) is 26.8 Å². The van der Waals surface area contributed by atoms with Crippen molar-refractivity contribution in [3.05, 3.63) is 28.4 Å². The second-order valence-corrected chi connectivity index (χ2v) is 4.57. The molecule has 0 spiro atoms. The van der Waals surface area contributed by atoms with E-state index in [1.165, 1.54) is 20.8 Å². The standard InChI is InChI=1S/C12H17N3O3/c1-12(2,3)18-11(17)15-6-8(7-15)9-4-5-13-10(16)14-9/h4-5,8H,6-7H2,1-3H3,(H,13,14,16)/i4D,5D,6D2,7D2,8D. The highest BCUT2D eigenvalue weighted by Crippen LogP contribution is 2.26. The van der Waals surface area contributed by atoms with Crippen LogP contribution >= 0.6 is 0 Å². The van der Waals surface area contributed by atoms with Crippen LogP contribution in [0, 0.1) is 0 Å². The molecule has 2 rings (SSSR count). The van der Waals surface area contributed by atoms with Crippen molar-refractivity contribution in [1.29, 1.82) is 0 Å². The van der Waals surface area contributed by atoms with Gasteiger partial charge in [0.1, 0.15) is 5.60 Å². The maximum atomic E-state index is 12.2. The number of amides is 1. The van der Waals surface area contributed by atoms with E-state index in [0.717, 1.165) is 0 Å². The Morgan fingerprint density at radius 2 is 2.39 bits per heavy atom. The van der Waals surface area contributed by atoms with E-state index in [0.29, 0.717) is 0 Å². The highest BCUT2D eigenvalue weighted by molar-refractivity contribution is 5.69. The van der Waals surface area contributed by atoms with E-state index in [4.69, 9.17) is 14.3 Å². The lowest BCUT2D eigenvalue weighted by atomic mass is 9.97. The van der Waals surface area contributed by atoms with E-state index in [-0.39, 0.29) is 4.90 Å². The summed E-state index contributed by atoms with van der Waals surface area (Å²) in [6.45, 7) is -1.37. The van der Waals surface area contributed by atoms with Crippen molar-refractivity contribution >= 4 is 6.09 Å². The summed E-state index contributed by atoms with van der Waals surface area (Å²) in [5.74, 6) is -2.86. The van der Waals surface area contributed by atoms with Gasteiger partial charge < -0.3 is 14.6 Å². The first-order chi connectivity index (χ1) is 11.1. The fourth-order valence-corrected chi connectivity index (χ4v) is 1.16. The summed E-state index contributed by atoms with van der Waals surface area (Å²) in [6.07, 6.45) is -2.15. The molecule has 1 aliphatic heterocycles. The molecule has 0 unspecified atom stereocenters. The van der Waals surface area contributed by atoms with Crippen LogP contribution in [0.4, 0.5) is 4.79 Å². The van der Waals surface area contributed by atoms with Gasteiger partial charge in [0.15, 0.2) is 0 Å². The Kier molecular flexibility index (Phi) is 1.57. The van der Waals surface area contributed by atoms with Gasteiger partial charge in [0.2, 0.25) is 0 Å². The predicted molar refractivity (Wildman–Crippen MR) is 65.4 cm³/mol. The van der Waals surface area contributed by atoms with Crippen LogP contribution in [0.15, 0.2) is 17.0 Å². The molecular formula is C12H17N3O3. The van der Waals surface area contributed by atoms with Crippen LogP contribution in [0.3, 0.4) is 0 Å². The molecule has 98 valence electrons. The third-order valence-electron chi connectivity index (χ3n) is 1.84. The van der Waals surface area contributed by atoms with E-state index in [2.05, 4.69) is 4.98 Å². The second kappa shape index (κ2) is 4.44. The molecule has 1 N–H and O–H groups in total. The van der Waals surface area contributed by atoms with Gasteiger partial charge in [-0.1, -0.05) is 0 Å². The van der Waals surface area contributed by atoms with Crippen molar-refractivity contribution in [2.45, 2.75) is 32.3 Å². The molecule has 0 aromatic carbocycles. The number of nitrogens with one attached hydrogen (secondary N) is 1. The molecule has 1 amide bonds. The number of aromatic nitrogens is 2. The molecule has 0 atom stereocenters. The van der Waals surface area contributed by atoms with E-state index >= 15 is 0 Å². The first-order valence-corrected chi connectivity index (χ1v) is 5.18. The number of nitrogens with zero attached hydrogens (tertiary/aromatic N) is 2. The largest absolute Gasteiger partial charge is 0.444 e. The number of hydrogen-bond donors (Lipinski definition) is 1. The molecule has 0 bridgehead atoms. The summed E-state index contributed by atoms with van der Waals surface area (Å²) in [5, 5.41) is 0. The highest BCUT2D eigenvalue weighted by Gasteiger charge is 2.34. The molecule has 1 fully saturated rings. The number of carbonyl (C=O) groups is 1. The van der Waals surface area contributed by atoms with Gasteiger partial charge in [-0.3, -0.25) is 0 Å². The summed E-state index contributed by atoms with van der Waals surface area (Å²) in [4.78, 5) is 28.9. The zero-order valence-electron chi connectivity index (χ0n) is 17.1. The van der Waals surface area contributed by atoms with E-state index in [1.54, 1.807) is 0 Å². The lowest BCUT2D eigenvalue weighted by Crippen LogP contribution is -2.50. The molecule has 6 nitrogen and oxygen atoms in total. The van der Waals surface area contributed by atoms with E-state index in [9.17, 15) is 9.59 Å². The molecular weight excluding hydrogens is 234 g/mol. The van der Waals surface area contributed by atoms with Crippen molar-refractivity contribution in [3.8, 4) is 0 Å². The Morgan fingerprint density at radius 1 is 1.72 bits per heavy atom. The lowest BCUT2D eigenvalue weighted by Gasteiger charge is -2.39. The fraction of sp³-hybridized carbons (Fsp3) is 0.583.